The third kappa shape index (κ3) is 6.48. The largest absolute Gasteiger partial charge is 0.494 e. The van der Waals surface area contributed by atoms with Crippen LogP contribution in [0.2, 0.25) is 0 Å². The molecule has 0 bridgehead atoms. The number of anilines is 1. The number of nitrogens with one attached hydrogen (secondary N) is 2. The molecule has 1 fully saturated rings. The molecule has 2 atom stereocenters. The highest BCUT2D eigenvalue weighted by Gasteiger charge is 2.36. The van der Waals surface area contributed by atoms with Crippen LogP contribution in [-0.2, 0) is 20.9 Å². The lowest BCUT2D eigenvalue weighted by atomic mass is 10.1. The molecule has 0 saturated carbocycles. The number of hydrogen-bond acceptors (Lipinski definition) is 5. The van der Waals surface area contributed by atoms with Gasteiger partial charge in [-0.25, -0.2) is 4.68 Å². The monoisotopic (exact) mass is 516 g/mol. The smallest absolute Gasteiger partial charge is 0.414 e. The van der Waals surface area contributed by atoms with Crippen molar-refractivity contribution in [3.63, 3.8) is 0 Å². The molecule has 1 aliphatic rings. The van der Waals surface area contributed by atoms with Gasteiger partial charge in [-0.1, -0.05) is 24.3 Å². The van der Waals surface area contributed by atoms with Gasteiger partial charge in [0, 0.05) is 30.7 Å². The van der Waals surface area contributed by atoms with Crippen molar-refractivity contribution in [1.29, 1.82) is 0 Å². The topological polar surface area (TPSA) is 94.5 Å². The van der Waals surface area contributed by atoms with Gasteiger partial charge in [0.25, 0.3) is 0 Å². The molecule has 196 valence electrons. The van der Waals surface area contributed by atoms with Gasteiger partial charge in [-0.3, -0.25) is 9.59 Å². The molecular weight excluding hydrogens is 489 g/mol. The maximum atomic E-state index is 12.9. The molecule has 3 aromatic rings. The summed E-state index contributed by atoms with van der Waals surface area (Å²) in [6.07, 6.45) is -6.25. The summed E-state index contributed by atoms with van der Waals surface area (Å²) in [4.78, 5) is 24.2. The second-order valence-electron chi connectivity index (χ2n) is 8.65. The first-order chi connectivity index (χ1) is 17.6. The van der Waals surface area contributed by atoms with E-state index < -0.39 is 18.2 Å². The van der Waals surface area contributed by atoms with Crippen LogP contribution in [0.1, 0.15) is 25.8 Å². The van der Waals surface area contributed by atoms with E-state index in [0.29, 0.717) is 34.9 Å². The van der Waals surface area contributed by atoms with Crippen molar-refractivity contribution in [2.75, 3.05) is 18.5 Å². The highest BCUT2D eigenvalue weighted by molar-refractivity contribution is 5.97. The molecule has 2 heterocycles. The van der Waals surface area contributed by atoms with Gasteiger partial charge in [0.05, 0.1) is 30.5 Å². The molecule has 1 aromatic heterocycles. The second-order valence-corrected chi connectivity index (χ2v) is 8.65. The zero-order valence-corrected chi connectivity index (χ0v) is 20.3. The molecule has 2 N–H and O–H groups in total. The number of carbonyl (C=O) groups is 2. The number of rotatable bonds is 9. The van der Waals surface area contributed by atoms with E-state index in [9.17, 15) is 22.8 Å². The van der Waals surface area contributed by atoms with E-state index in [1.54, 1.807) is 41.1 Å². The SMILES string of the molecule is CCOc1cccc(-n2nc(NC(=O)[C@@H]3CNC(=O)C3)cc2-c2cccc(CO[C@H](C)C(F)(F)F)c2)c1. The van der Waals surface area contributed by atoms with Gasteiger partial charge in [0.15, 0.2) is 11.9 Å². The molecule has 8 nitrogen and oxygen atoms in total. The number of ether oxygens (including phenoxy) is 2. The number of amides is 2. The summed E-state index contributed by atoms with van der Waals surface area (Å²) >= 11 is 0. The normalized spacial score (nSPS) is 16.4. The fourth-order valence-corrected chi connectivity index (χ4v) is 3.87. The summed E-state index contributed by atoms with van der Waals surface area (Å²) in [6.45, 7) is 3.34. The summed E-state index contributed by atoms with van der Waals surface area (Å²) in [5, 5.41) is 9.98. The fourth-order valence-electron chi connectivity index (χ4n) is 3.87. The molecule has 0 spiro atoms. The van der Waals surface area contributed by atoms with E-state index in [1.165, 1.54) is 0 Å². The predicted molar refractivity (Wildman–Crippen MR) is 130 cm³/mol. The first-order valence-electron chi connectivity index (χ1n) is 11.8. The number of aromatic nitrogens is 2. The predicted octanol–water partition coefficient (Wildman–Crippen LogP) is 4.48. The Morgan fingerprint density at radius 2 is 2.00 bits per heavy atom. The summed E-state index contributed by atoms with van der Waals surface area (Å²) in [5.74, 6) is -0.114. The van der Waals surface area contributed by atoms with Gasteiger partial charge in [0.1, 0.15) is 5.75 Å². The standard InChI is InChI=1S/C26H27F3N4O4/c1-3-36-21-9-5-8-20(12-21)33-22(13-23(32-33)31-25(35)19-11-24(34)30-14-19)18-7-4-6-17(10-18)15-37-16(2)26(27,28)29/h4-10,12-13,16,19H,3,11,14-15H2,1-2H3,(H,30,34)(H,31,32,35)/t16-,19+/m1/s1. The van der Waals surface area contributed by atoms with E-state index in [1.807, 2.05) is 25.1 Å². The Kier molecular flexibility index (Phi) is 7.82. The Morgan fingerprint density at radius 1 is 1.22 bits per heavy atom. The van der Waals surface area contributed by atoms with E-state index >= 15 is 0 Å². The third-order valence-corrected chi connectivity index (χ3v) is 5.87. The average Bonchev–Trinajstić information content (AvgIpc) is 3.49. The number of alkyl halides is 3. The number of hydrogen-bond donors (Lipinski definition) is 2. The van der Waals surface area contributed by atoms with Crippen LogP contribution in [0.3, 0.4) is 0 Å². The van der Waals surface area contributed by atoms with Gasteiger partial charge < -0.3 is 20.1 Å². The van der Waals surface area contributed by atoms with E-state index in [-0.39, 0.29) is 37.2 Å². The van der Waals surface area contributed by atoms with Gasteiger partial charge in [0.2, 0.25) is 11.8 Å². The molecule has 37 heavy (non-hydrogen) atoms. The van der Waals surface area contributed by atoms with Crippen molar-refractivity contribution < 1.29 is 32.2 Å². The number of nitrogens with zero attached hydrogens (tertiary/aromatic N) is 2. The van der Waals surface area contributed by atoms with Crippen LogP contribution in [-0.4, -0.2) is 47.0 Å². The van der Waals surface area contributed by atoms with E-state index in [2.05, 4.69) is 15.7 Å². The fraction of sp³-hybridized carbons (Fsp3) is 0.346. The molecule has 0 radical (unpaired) electrons. The summed E-state index contributed by atoms with van der Waals surface area (Å²) in [6, 6.07) is 15.8. The lowest BCUT2D eigenvalue weighted by Gasteiger charge is -2.16. The van der Waals surface area contributed by atoms with Crippen molar-refractivity contribution in [2.45, 2.75) is 39.2 Å². The third-order valence-electron chi connectivity index (χ3n) is 5.87. The minimum absolute atomic E-state index is 0.105. The molecule has 4 rings (SSSR count). The lowest BCUT2D eigenvalue weighted by Crippen LogP contribution is -2.28. The second kappa shape index (κ2) is 11.0. The minimum atomic E-state index is -4.45. The number of carbonyl (C=O) groups excluding carboxylic acids is 2. The molecule has 1 aliphatic heterocycles. The quantitative estimate of drug-likeness (QED) is 0.438. The summed E-state index contributed by atoms with van der Waals surface area (Å²) in [5.41, 5.74) is 2.46. The van der Waals surface area contributed by atoms with Crippen molar-refractivity contribution in [3.05, 3.63) is 60.2 Å². The highest BCUT2D eigenvalue weighted by Crippen LogP contribution is 2.30. The van der Waals surface area contributed by atoms with Crippen molar-refractivity contribution >= 4 is 17.6 Å². The summed E-state index contributed by atoms with van der Waals surface area (Å²) < 4.78 is 50.8. The molecule has 11 heteroatoms. The van der Waals surface area contributed by atoms with Gasteiger partial charge in [-0.2, -0.15) is 13.2 Å². The molecule has 2 aromatic carbocycles. The van der Waals surface area contributed by atoms with Crippen molar-refractivity contribution in [3.8, 4) is 22.7 Å². The Hall–Kier alpha value is -3.86. The first-order valence-corrected chi connectivity index (χ1v) is 11.8. The Balaban J connectivity index is 1.66. The number of benzene rings is 2. The van der Waals surface area contributed by atoms with Gasteiger partial charge in [-0.05, 0) is 37.6 Å². The van der Waals surface area contributed by atoms with Crippen LogP contribution < -0.4 is 15.4 Å². The number of halogens is 3. The molecule has 0 aliphatic carbocycles. The van der Waals surface area contributed by atoms with Crippen LogP contribution in [0.25, 0.3) is 16.9 Å². The minimum Gasteiger partial charge on any atom is -0.494 e. The van der Waals surface area contributed by atoms with E-state index in [0.717, 1.165) is 6.92 Å². The van der Waals surface area contributed by atoms with Crippen LogP contribution in [0, 0.1) is 5.92 Å². The van der Waals surface area contributed by atoms with Gasteiger partial charge >= 0.3 is 6.18 Å². The van der Waals surface area contributed by atoms with Crippen molar-refractivity contribution in [1.82, 2.24) is 15.1 Å². The van der Waals surface area contributed by atoms with E-state index in [4.69, 9.17) is 9.47 Å². The van der Waals surface area contributed by atoms with Crippen LogP contribution in [0.5, 0.6) is 5.75 Å². The highest BCUT2D eigenvalue weighted by atomic mass is 19.4. The van der Waals surface area contributed by atoms with Crippen LogP contribution in [0.4, 0.5) is 19.0 Å². The van der Waals surface area contributed by atoms with Crippen molar-refractivity contribution in [2.24, 2.45) is 5.92 Å². The van der Waals surface area contributed by atoms with Crippen LogP contribution >= 0.6 is 0 Å². The van der Waals surface area contributed by atoms with Gasteiger partial charge in [-0.15, -0.1) is 5.10 Å². The Morgan fingerprint density at radius 3 is 2.70 bits per heavy atom. The molecule has 2 amide bonds. The lowest BCUT2D eigenvalue weighted by molar-refractivity contribution is -0.217. The first kappa shape index (κ1) is 26.2. The maximum absolute atomic E-state index is 12.9. The van der Waals surface area contributed by atoms with Crippen LogP contribution in [0.15, 0.2) is 54.6 Å². The maximum Gasteiger partial charge on any atom is 0.414 e. The Bertz CT molecular complexity index is 1270. The zero-order chi connectivity index (χ0) is 26.6. The average molecular weight is 517 g/mol. The molecular formula is C26H27F3N4O4. The summed E-state index contributed by atoms with van der Waals surface area (Å²) in [7, 11) is 0. The Labute approximate surface area is 211 Å². The molecule has 1 saturated heterocycles. The zero-order valence-electron chi connectivity index (χ0n) is 20.3. The molecule has 0 unspecified atom stereocenters.